The lowest BCUT2D eigenvalue weighted by atomic mass is 9.84. The first-order valence-electron chi connectivity index (χ1n) is 10.7. The quantitative estimate of drug-likeness (QED) is 0.328. The summed E-state index contributed by atoms with van der Waals surface area (Å²) in [5.41, 5.74) is 3.36. The highest BCUT2D eigenvalue weighted by molar-refractivity contribution is 6.12. The monoisotopic (exact) mass is 452 g/mol. The maximum atomic E-state index is 13.6. The maximum absolute atomic E-state index is 13.6. The molecule has 5 nitrogen and oxygen atoms in total. The Kier molecular flexibility index (Phi) is 5.64. The molecule has 2 aromatic carbocycles. The molecule has 1 fully saturated rings. The van der Waals surface area contributed by atoms with Gasteiger partial charge in [-0.05, 0) is 53.4 Å². The molecule has 1 aromatic heterocycles. The van der Waals surface area contributed by atoms with Crippen LogP contribution in [0.2, 0.25) is 0 Å². The molecule has 2 aliphatic rings. The third kappa shape index (κ3) is 4.12. The molecule has 8 heteroatoms. The Bertz CT molecular complexity index is 1210. The average molecular weight is 452 g/mol. The van der Waals surface area contributed by atoms with Gasteiger partial charge in [0.2, 0.25) is 5.95 Å². The number of rotatable bonds is 4. The lowest BCUT2D eigenvalue weighted by Gasteiger charge is -2.39. The fourth-order valence-electron chi connectivity index (χ4n) is 4.72. The van der Waals surface area contributed by atoms with Gasteiger partial charge in [0.25, 0.3) is 0 Å². The average Bonchev–Trinajstić information content (AvgIpc) is 3.16. The second-order valence-electron chi connectivity index (χ2n) is 8.49. The van der Waals surface area contributed by atoms with E-state index in [-0.39, 0.29) is 16.9 Å². The van der Waals surface area contributed by atoms with Crippen molar-refractivity contribution in [2.75, 3.05) is 13.1 Å². The van der Waals surface area contributed by atoms with Crippen molar-refractivity contribution in [1.82, 2.24) is 9.88 Å². The molecule has 0 unspecified atom stereocenters. The van der Waals surface area contributed by atoms with Crippen molar-refractivity contribution < 1.29 is 23.1 Å². The van der Waals surface area contributed by atoms with E-state index in [0.717, 1.165) is 61.3 Å². The molecule has 1 spiro atoms. The van der Waals surface area contributed by atoms with Gasteiger partial charge in [-0.1, -0.05) is 24.3 Å². The minimum Gasteiger partial charge on any atom is -0.365 e. The van der Waals surface area contributed by atoms with Gasteiger partial charge in [0, 0.05) is 42.5 Å². The lowest BCUT2D eigenvalue weighted by molar-refractivity contribution is -0.0800. The van der Waals surface area contributed by atoms with Crippen molar-refractivity contribution in [2.24, 2.45) is 5.16 Å². The van der Waals surface area contributed by atoms with Crippen LogP contribution in [0.25, 0.3) is 0 Å². The molecule has 0 atom stereocenters. The van der Waals surface area contributed by atoms with Crippen LogP contribution in [0.3, 0.4) is 0 Å². The number of pyridine rings is 1. The molecule has 3 heterocycles. The number of likely N-dealkylation sites (tertiary alicyclic amines) is 1. The van der Waals surface area contributed by atoms with Crippen LogP contribution >= 0.6 is 0 Å². The molecule has 3 aromatic rings. The second kappa shape index (κ2) is 8.61. The predicted molar refractivity (Wildman–Crippen MR) is 114 cm³/mol. The maximum Gasteiger partial charge on any atom is 0.213 e. The molecule has 5 rings (SSSR count). The van der Waals surface area contributed by atoms with Gasteiger partial charge in [0.15, 0.2) is 11.6 Å². The molecule has 0 amide bonds. The van der Waals surface area contributed by atoms with Gasteiger partial charge >= 0.3 is 0 Å². The number of ether oxygens (including phenoxy) is 1. The van der Waals surface area contributed by atoms with Crippen LogP contribution in [0.1, 0.15) is 40.7 Å². The topological polar surface area (TPSA) is 57.6 Å². The largest absolute Gasteiger partial charge is 0.365 e. The Morgan fingerprint density at radius 3 is 2.42 bits per heavy atom. The fourth-order valence-corrected chi connectivity index (χ4v) is 4.72. The number of aromatic nitrogens is 1. The van der Waals surface area contributed by atoms with Crippen LogP contribution < -0.4 is 0 Å². The summed E-state index contributed by atoms with van der Waals surface area (Å²) in [6.07, 6.45) is 3.21. The standard InChI is InChI=1S/C25H21F3N3O2/c26-21-6-5-18(11-22(21)27)24(30-32)17-3-1-16(2-4-17)14-31-9-7-25(8-10-31)20-13-29-23(28)12-19(20)15-33-25/h1-6,11-13H,7-10,14-15H2/b30-24-. The highest BCUT2D eigenvalue weighted by Gasteiger charge is 2.43. The number of hydrogen-bond acceptors (Lipinski definition) is 4. The smallest absolute Gasteiger partial charge is 0.213 e. The highest BCUT2D eigenvalue weighted by Crippen LogP contribution is 2.44. The van der Waals surface area contributed by atoms with E-state index < -0.39 is 17.6 Å². The summed E-state index contributed by atoms with van der Waals surface area (Å²) in [5, 5.41) is 14.4. The predicted octanol–water partition coefficient (Wildman–Crippen LogP) is 4.70. The summed E-state index contributed by atoms with van der Waals surface area (Å²) >= 11 is 0. The van der Waals surface area contributed by atoms with Gasteiger partial charge in [-0.3, -0.25) is 4.90 Å². The SMILES string of the molecule is [O]/N=C(/c1ccc(CN2CCC3(CC2)OCc2cc(F)ncc23)cc1)c1ccc(F)c(F)c1. The zero-order chi connectivity index (χ0) is 23.0. The zero-order valence-corrected chi connectivity index (χ0v) is 17.7. The summed E-state index contributed by atoms with van der Waals surface area (Å²) in [7, 11) is 0. The lowest BCUT2D eigenvalue weighted by Crippen LogP contribution is -2.42. The number of halogens is 3. The third-order valence-electron chi connectivity index (χ3n) is 6.53. The van der Waals surface area contributed by atoms with E-state index in [1.807, 2.05) is 12.1 Å². The van der Waals surface area contributed by atoms with E-state index in [1.54, 1.807) is 18.3 Å². The minimum atomic E-state index is -1.03. The molecule has 0 bridgehead atoms. The number of nitrogens with zero attached hydrogens (tertiary/aromatic N) is 3. The normalized spacial score (nSPS) is 18.0. The Morgan fingerprint density at radius 2 is 1.73 bits per heavy atom. The molecule has 169 valence electrons. The summed E-state index contributed by atoms with van der Waals surface area (Å²) in [6, 6.07) is 12.1. The van der Waals surface area contributed by atoms with E-state index in [4.69, 9.17) is 4.74 Å². The molecule has 1 saturated heterocycles. The summed E-state index contributed by atoms with van der Waals surface area (Å²) < 4.78 is 46.3. The number of benzene rings is 2. The van der Waals surface area contributed by atoms with E-state index in [0.29, 0.717) is 12.2 Å². The van der Waals surface area contributed by atoms with Crippen LogP contribution in [-0.4, -0.2) is 28.7 Å². The van der Waals surface area contributed by atoms with E-state index in [9.17, 15) is 18.4 Å². The van der Waals surface area contributed by atoms with Crippen molar-refractivity contribution in [3.05, 3.63) is 100 Å². The van der Waals surface area contributed by atoms with E-state index in [2.05, 4.69) is 15.0 Å². The first kappa shape index (κ1) is 21.6. The molecular formula is C25H21F3N3O2. The van der Waals surface area contributed by atoms with Crippen LogP contribution in [0.5, 0.6) is 0 Å². The number of hydrogen-bond donors (Lipinski definition) is 0. The molecule has 0 saturated carbocycles. The Hall–Kier alpha value is -3.23. The Morgan fingerprint density at radius 1 is 1.00 bits per heavy atom. The fraction of sp³-hybridized carbons (Fsp3) is 0.280. The number of fused-ring (bicyclic) bond motifs is 2. The summed E-state index contributed by atoms with van der Waals surface area (Å²) in [6.45, 7) is 2.78. The first-order valence-corrected chi connectivity index (χ1v) is 10.7. The molecule has 0 N–H and O–H groups in total. The van der Waals surface area contributed by atoms with Gasteiger partial charge in [-0.25, -0.2) is 13.8 Å². The van der Waals surface area contributed by atoms with Gasteiger partial charge in [0.1, 0.15) is 5.71 Å². The van der Waals surface area contributed by atoms with Crippen molar-refractivity contribution in [1.29, 1.82) is 0 Å². The molecule has 0 aliphatic carbocycles. The van der Waals surface area contributed by atoms with Crippen LogP contribution in [0.15, 0.2) is 59.9 Å². The van der Waals surface area contributed by atoms with Crippen LogP contribution in [-0.2, 0) is 28.7 Å². The van der Waals surface area contributed by atoms with Gasteiger partial charge in [-0.2, -0.15) is 4.39 Å². The van der Waals surface area contributed by atoms with Crippen LogP contribution in [0.4, 0.5) is 13.2 Å². The molecule has 33 heavy (non-hydrogen) atoms. The summed E-state index contributed by atoms with van der Waals surface area (Å²) in [4.78, 5) is 6.13. The van der Waals surface area contributed by atoms with Crippen molar-refractivity contribution in [3.63, 3.8) is 0 Å². The van der Waals surface area contributed by atoms with Crippen molar-refractivity contribution >= 4 is 5.71 Å². The minimum absolute atomic E-state index is 0.0578. The Balaban J connectivity index is 1.24. The number of piperidine rings is 1. The third-order valence-corrected chi connectivity index (χ3v) is 6.53. The molecule has 1 radical (unpaired) electrons. The van der Waals surface area contributed by atoms with Gasteiger partial charge in [0.05, 0.1) is 12.2 Å². The van der Waals surface area contributed by atoms with Crippen molar-refractivity contribution in [3.8, 4) is 0 Å². The van der Waals surface area contributed by atoms with Gasteiger partial charge in [-0.15, -0.1) is 5.21 Å². The van der Waals surface area contributed by atoms with Crippen molar-refractivity contribution in [2.45, 2.75) is 31.6 Å². The zero-order valence-electron chi connectivity index (χ0n) is 17.7. The van der Waals surface area contributed by atoms with E-state index >= 15 is 0 Å². The summed E-state index contributed by atoms with van der Waals surface area (Å²) in [5.74, 6) is -2.48. The highest BCUT2D eigenvalue weighted by atomic mass is 19.2. The molecular weight excluding hydrogens is 431 g/mol. The molecule has 2 aliphatic heterocycles. The van der Waals surface area contributed by atoms with Gasteiger partial charge < -0.3 is 4.74 Å². The second-order valence-corrected chi connectivity index (χ2v) is 8.49. The van der Waals surface area contributed by atoms with E-state index in [1.165, 1.54) is 12.1 Å². The van der Waals surface area contributed by atoms with Crippen LogP contribution in [0, 0.1) is 17.6 Å². The first-order chi connectivity index (χ1) is 16.0. The Labute approximate surface area is 189 Å².